The van der Waals surface area contributed by atoms with E-state index in [2.05, 4.69) is 10.3 Å². The third kappa shape index (κ3) is 3.76. The minimum atomic E-state index is -1.29. The maximum absolute atomic E-state index is 14.6. The summed E-state index contributed by atoms with van der Waals surface area (Å²) in [6, 6.07) is 0.533. The molecule has 0 bridgehead atoms. The van der Waals surface area contributed by atoms with Gasteiger partial charge in [0.05, 0.1) is 11.3 Å². The van der Waals surface area contributed by atoms with Crippen LogP contribution in [0.5, 0.6) is 0 Å². The standard InChI is InChI=1S/C22H26F3N5O2/c1-22(2)10-16(21(32)29(22)4)26-20(31)18-17-11-28(3)6-5-7-30(17)19(27-18)12-8-14(24)15(25)9-13(12)23/h8-9,16H,5-7,10-11H2,1-4H3,(H,26,31)/t16-/m0/s1. The second kappa shape index (κ2) is 7.91. The Morgan fingerprint density at radius 1 is 1.12 bits per heavy atom. The number of fused-ring (bicyclic) bond motifs is 1. The number of nitrogens with one attached hydrogen (secondary N) is 1. The topological polar surface area (TPSA) is 70.5 Å². The summed E-state index contributed by atoms with van der Waals surface area (Å²) in [5.41, 5.74) is -0.0235. The van der Waals surface area contributed by atoms with Crippen molar-refractivity contribution in [2.24, 2.45) is 0 Å². The summed E-state index contributed by atoms with van der Waals surface area (Å²) in [5.74, 6) is -4.14. The molecule has 0 aliphatic carbocycles. The monoisotopic (exact) mass is 449 g/mol. The van der Waals surface area contributed by atoms with Gasteiger partial charge < -0.3 is 19.7 Å². The van der Waals surface area contributed by atoms with Crippen LogP contribution in [0, 0.1) is 17.5 Å². The van der Waals surface area contributed by atoms with E-state index in [0.29, 0.717) is 37.7 Å². The first-order valence-corrected chi connectivity index (χ1v) is 10.5. The Labute approximate surface area is 184 Å². The minimum absolute atomic E-state index is 0.0537. The fourth-order valence-electron chi connectivity index (χ4n) is 4.40. The van der Waals surface area contributed by atoms with Crippen LogP contribution in [0.2, 0.25) is 0 Å². The Morgan fingerprint density at radius 3 is 2.47 bits per heavy atom. The molecule has 1 aromatic carbocycles. The molecular formula is C22H26F3N5O2. The zero-order chi connectivity index (χ0) is 23.4. The lowest BCUT2D eigenvalue weighted by molar-refractivity contribution is -0.130. The molecule has 1 atom stereocenters. The number of likely N-dealkylation sites (N-methyl/N-ethyl adjacent to an activating group) is 1. The summed E-state index contributed by atoms with van der Waals surface area (Å²) < 4.78 is 43.6. The van der Waals surface area contributed by atoms with Gasteiger partial charge in [-0.05, 0) is 46.3 Å². The van der Waals surface area contributed by atoms with Crippen LogP contribution in [0.15, 0.2) is 12.1 Å². The molecule has 10 heteroatoms. The molecule has 0 saturated carbocycles. The molecule has 1 N–H and O–H groups in total. The molecule has 32 heavy (non-hydrogen) atoms. The molecule has 0 spiro atoms. The van der Waals surface area contributed by atoms with Crippen molar-refractivity contribution in [1.29, 1.82) is 0 Å². The number of likely N-dealkylation sites (tertiary alicyclic amines) is 1. The highest BCUT2D eigenvalue weighted by atomic mass is 19.2. The van der Waals surface area contributed by atoms with Crippen molar-refractivity contribution in [2.45, 2.75) is 51.4 Å². The first-order chi connectivity index (χ1) is 15.0. The third-order valence-electron chi connectivity index (χ3n) is 6.43. The number of nitrogens with zero attached hydrogens (tertiary/aromatic N) is 4. The number of amides is 2. The van der Waals surface area contributed by atoms with E-state index in [1.54, 1.807) is 16.5 Å². The van der Waals surface area contributed by atoms with Gasteiger partial charge in [-0.1, -0.05) is 0 Å². The minimum Gasteiger partial charge on any atom is -0.339 e. The van der Waals surface area contributed by atoms with Crippen molar-refractivity contribution in [3.05, 3.63) is 41.0 Å². The summed E-state index contributed by atoms with van der Waals surface area (Å²) in [6.45, 7) is 5.37. The molecular weight excluding hydrogens is 423 g/mol. The second-order valence-electron chi connectivity index (χ2n) is 9.16. The summed E-state index contributed by atoms with van der Waals surface area (Å²) in [5, 5.41) is 2.76. The molecule has 2 aromatic rings. The van der Waals surface area contributed by atoms with E-state index in [-0.39, 0.29) is 23.0 Å². The lowest BCUT2D eigenvalue weighted by atomic mass is 10.0. The van der Waals surface area contributed by atoms with Crippen LogP contribution in [0.4, 0.5) is 13.2 Å². The number of imidazole rings is 1. The predicted molar refractivity (Wildman–Crippen MR) is 111 cm³/mol. The van der Waals surface area contributed by atoms with Crippen LogP contribution in [0.25, 0.3) is 11.4 Å². The Hall–Kier alpha value is -2.88. The summed E-state index contributed by atoms with van der Waals surface area (Å²) in [7, 11) is 3.58. The smallest absolute Gasteiger partial charge is 0.272 e. The van der Waals surface area contributed by atoms with E-state index >= 15 is 0 Å². The van der Waals surface area contributed by atoms with Crippen LogP contribution in [0.3, 0.4) is 0 Å². The largest absolute Gasteiger partial charge is 0.339 e. The molecule has 0 unspecified atom stereocenters. The van der Waals surface area contributed by atoms with Crippen LogP contribution in [0.1, 0.15) is 42.9 Å². The Balaban J connectivity index is 1.75. The molecule has 4 rings (SSSR count). The zero-order valence-corrected chi connectivity index (χ0v) is 18.5. The first-order valence-electron chi connectivity index (χ1n) is 10.5. The van der Waals surface area contributed by atoms with Gasteiger partial charge >= 0.3 is 0 Å². The number of rotatable bonds is 3. The van der Waals surface area contributed by atoms with E-state index in [1.165, 1.54) is 0 Å². The average Bonchev–Trinajstić information content (AvgIpc) is 3.05. The number of hydrogen-bond donors (Lipinski definition) is 1. The Kier molecular flexibility index (Phi) is 5.52. The molecule has 2 amide bonds. The first kappa shape index (κ1) is 22.3. The maximum Gasteiger partial charge on any atom is 0.272 e. The normalized spacial score (nSPS) is 20.9. The van der Waals surface area contributed by atoms with E-state index in [0.717, 1.165) is 12.6 Å². The van der Waals surface area contributed by atoms with E-state index in [1.807, 2.05) is 25.8 Å². The fraction of sp³-hybridized carbons (Fsp3) is 0.500. The second-order valence-corrected chi connectivity index (χ2v) is 9.16. The van der Waals surface area contributed by atoms with Crippen LogP contribution < -0.4 is 5.32 Å². The van der Waals surface area contributed by atoms with E-state index < -0.39 is 34.9 Å². The summed E-state index contributed by atoms with van der Waals surface area (Å²) in [4.78, 5) is 33.7. The van der Waals surface area contributed by atoms with Crippen molar-refractivity contribution in [1.82, 2.24) is 24.7 Å². The van der Waals surface area contributed by atoms with Gasteiger partial charge in [0, 0.05) is 31.7 Å². The van der Waals surface area contributed by atoms with E-state index in [9.17, 15) is 22.8 Å². The quantitative estimate of drug-likeness (QED) is 0.732. The van der Waals surface area contributed by atoms with Gasteiger partial charge in [-0.25, -0.2) is 18.2 Å². The van der Waals surface area contributed by atoms with Crippen molar-refractivity contribution in [3.8, 4) is 11.4 Å². The van der Waals surface area contributed by atoms with Crippen LogP contribution in [-0.2, 0) is 17.9 Å². The SMILES string of the molecule is CN1CCCn2c(-c3cc(F)c(F)cc3F)nc(C(=O)N[C@H]3CC(C)(C)N(C)C3=O)c2C1. The highest BCUT2D eigenvalue weighted by molar-refractivity contribution is 5.98. The molecule has 1 fully saturated rings. The highest BCUT2D eigenvalue weighted by Gasteiger charge is 2.43. The number of aromatic nitrogens is 2. The molecule has 1 saturated heterocycles. The highest BCUT2D eigenvalue weighted by Crippen LogP contribution is 2.31. The van der Waals surface area contributed by atoms with Gasteiger partial charge in [-0.3, -0.25) is 9.59 Å². The fourth-order valence-corrected chi connectivity index (χ4v) is 4.40. The Bertz CT molecular complexity index is 1100. The molecule has 7 nitrogen and oxygen atoms in total. The zero-order valence-electron chi connectivity index (χ0n) is 18.5. The van der Waals surface area contributed by atoms with Gasteiger partial charge in [-0.15, -0.1) is 0 Å². The third-order valence-corrected chi connectivity index (χ3v) is 6.43. The lowest BCUT2D eigenvalue weighted by Gasteiger charge is -2.26. The van der Waals surface area contributed by atoms with Crippen molar-refractivity contribution < 1.29 is 22.8 Å². The van der Waals surface area contributed by atoms with Gasteiger partial charge in [-0.2, -0.15) is 0 Å². The molecule has 0 radical (unpaired) electrons. The van der Waals surface area contributed by atoms with Crippen molar-refractivity contribution >= 4 is 11.8 Å². The van der Waals surface area contributed by atoms with Gasteiger partial charge in [0.1, 0.15) is 17.7 Å². The molecule has 2 aliphatic rings. The molecule has 1 aromatic heterocycles. The van der Waals surface area contributed by atoms with Crippen LogP contribution in [-0.4, -0.2) is 63.4 Å². The summed E-state index contributed by atoms with van der Waals surface area (Å²) >= 11 is 0. The number of carbonyl (C=O) groups excluding carboxylic acids is 2. The van der Waals surface area contributed by atoms with Crippen molar-refractivity contribution in [3.63, 3.8) is 0 Å². The molecule has 2 aliphatic heterocycles. The van der Waals surface area contributed by atoms with Gasteiger partial charge in [0.25, 0.3) is 5.91 Å². The summed E-state index contributed by atoms with van der Waals surface area (Å²) in [6.07, 6.45) is 1.15. The molecule has 172 valence electrons. The molecule has 3 heterocycles. The van der Waals surface area contributed by atoms with Crippen molar-refractivity contribution in [2.75, 3.05) is 20.6 Å². The van der Waals surface area contributed by atoms with Gasteiger partial charge in [0.15, 0.2) is 17.3 Å². The number of halogens is 3. The Morgan fingerprint density at radius 2 is 1.81 bits per heavy atom. The number of carbonyl (C=O) groups is 2. The number of hydrogen-bond acceptors (Lipinski definition) is 4. The van der Waals surface area contributed by atoms with Gasteiger partial charge in [0.2, 0.25) is 5.91 Å². The number of benzene rings is 1. The van der Waals surface area contributed by atoms with E-state index in [4.69, 9.17) is 0 Å². The van der Waals surface area contributed by atoms with Crippen LogP contribution >= 0.6 is 0 Å². The lowest BCUT2D eigenvalue weighted by Crippen LogP contribution is -2.41. The average molecular weight is 449 g/mol. The maximum atomic E-state index is 14.6. The predicted octanol–water partition coefficient (Wildman–Crippen LogP) is 2.54.